The van der Waals surface area contributed by atoms with Crippen molar-refractivity contribution in [3.63, 3.8) is 0 Å². The van der Waals surface area contributed by atoms with E-state index in [1.165, 1.54) is 11.8 Å². The molecule has 1 aromatic carbocycles. The zero-order chi connectivity index (χ0) is 38.2. The molecular weight excluding hydrogens is 652 g/mol. The highest BCUT2D eigenvalue weighted by atomic mass is 16.5. The van der Waals surface area contributed by atoms with Crippen molar-refractivity contribution in [2.24, 2.45) is 11.7 Å². The number of aldehydes is 1. The van der Waals surface area contributed by atoms with Gasteiger partial charge in [0.15, 0.2) is 0 Å². The summed E-state index contributed by atoms with van der Waals surface area (Å²) in [5.74, 6) is -3.31. The molecule has 0 spiro atoms. The van der Waals surface area contributed by atoms with Gasteiger partial charge in [-0.3, -0.25) is 33.6 Å². The van der Waals surface area contributed by atoms with Crippen LogP contribution in [0.4, 0.5) is 0 Å². The standard InChI is InChI=1S/C28H38N2O6.C5H7NO4.C2H5NO/c1-5-8-22-16-20(9-10-21(22)7-3)17-27(34)36-23-13-14-30(18-23)28(35)24(11-12-26(32)33)29-25(31)15-19(4)6-2;7-2-4(6-3-8)1-5(9)10;1-2(3)4/h5,7-10,16,19,23-24H,3,6,11-15,17-18H2,1-2,4H3,(H,29,31)(H,32,33);2-4H,1H2,(H,6,8)(H,9,10);1H3,(H2,3,4)/b8-5-;;. The number of carboxylic acid groups (broad SMARTS) is 2. The van der Waals surface area contributed by atoms with Gasteiger partial charge in [-0.1, -0.05) is 63.3 Å². The molecule has 1 aromatic rings. The van der Waals surface area contributed by atoms with Crippen molar-refractivity contribution in [1.82, 2.24) is 15.5 Å². The number of aliphatic carboxylic acids is 2. The van der Waals surface area contributed by atoms with Crippen LogP contribution < -0.4 is 16.4 Å². The Bertz CT molecular complexity index is 1360. The van der Waals surface area contributed by atoms with E-state index in [0.717, 1.165) is 23.1 Å². The Hall–Kier alpha value is -5.34. The number of nitrogens with two attached hydrogens (primary N) is 1. The molecule has 0 aromatic heterocycles. The SMILES string of the molecule is C=Cc1ccc(CC(=O)OC2CCN(C(=O)C(CCC(=O)O)NC(=O)CC(C)CC)C2)cc1/C=C\C.CC(N)=O.O=CNC(C=O)CC(=O)O. The Morgan fingerprint density at radius 3 is 2.28 bits per heavy atom. The molecule has 15 heteroatoms. The number of nitrogens with one attached hydrogen (secondary N) is 2. The Morgan fingerprint density at radius 2 is 1.76 bits per heavy atom. The molecule has 15 nitrogen and oxygen atoms in total. The van der Waals surface area contributed by atoms with Gasteiger partial charge in [0.2, 0.25) is 24.1 Å². The smallest absolute Gasteiger partial charge is 0.310 e. The maximum absolute atomic E-state index is 13.1. The van der Waals surface area contributed by atoms with E-state index in [1.807, 2.05) is 56.4 Å². The van der Waals surface area contributed by atoms with Gasteiger partial charge in [0.1, 0.15) is 18.4 Å². The van der Waals surface area contributed by atoms with Crippen LogP contribution in [0.15, 0.2) is 30.9 Å². The predicted octanol–water partition coefficient (Wildman–Crippen LogP) is 2.10. The summed E-state index contributed by atoms with van der Waals surface area (Å²) in [5, 5.41) is 21.9. The van der Waals surface area contributed by atoms with E-state index in [1.54, 1.807) is 6.08 Å². The molecule has 0 aliphatic carbocycles. The normalized spacial score (nSPS) is 15.0. The fourth-order valence-corrected chi connectivity index (χ4v) is 4.54. The van der Waals surface area contributed by atoms with E-state index in [2.05, 4.69) is 17.6 Å². The third kappa shape index (κ3) is 19.5. The number of amides is 4. The third-order valence-corrected chi connectivity index (χ3v) is 7.17. The zero-order valence-electron chi connectivity index (χ0n) is 29.1. The Morgan fingerprint density at radius 1 is 1.10 bits per heavy atom. The average molecular weight is 703 g/mol. The van der Waals surface area contributed by atoms with Gasteiger partial charge in [0.05, 0.1) is 25.4 Å². The van der Waals surface area contributed by atoms with E-state index >= 15 is 0 Å². The van der Waals surface area contributed by atoms with Crippen LogP contribution in [-0.2, 0) is 49.5 Å². The lowest BCUT2D eigenvalue weighted by atomic mass is 10.0. The second kappa shape index (κ2) is 24.7. The number of carbonyl (C=O) groups is 8. The highest BCUT2D eigenvalue weighted by Crippen LogP contribution is 2.19. The van der Waals surface area contributed by atoms with Crippen molar-refractivity contribution in [2.75, 3.05) is 13.1 Å². The van der Waals surface area contributed by atoms with Crippen LogP contribution >= 0.6 is 0 Å². The molecule has 6 N–H and O–H groups in total. The fourth-order valence-electron chi connectivity index (χ4n) is 4.54. The minimum absolute atomic E-state index is 0.0105. The second-order valence-electron chi connectivity index (χ2n) is 11.5. The van der Waals surface area contributed by atoms with Crippen LogP contribution in [0.5, 0.6) is 0 Å². The van der Waals surface area contributed by atoms with E-state index in [0.29, 0.717) is 25.7 Å². The molecule has 0 bridgehead atoms. The lowest BCUT2D eigenvalue weighted by Crippen LogP contribution is -2.48. The molecule has 4 amide bonds. The number of benzene rings is 1. The monoisotopic (exact) mass is 702 g/mol. The first kappa shape index (κ1) is 44.7. The van der Waals surface area contributed by atoms with Crippen LogP contribution in [0.1, 0.15) is 82.9 Å². The molecule has 0 radical (unpaired) electrons. The van der Waals surface area contributed by atoms with Crippen molar-refractivity contribution in [3.8, 4) is 0 Å². The number of likely N-dealkylation sites (tertiary alicyclic amines) is 1. The second-order valence-corrected chi connectivity index (χ2v) is 11.5. The fraction of sp³-hybridized carbons (Fsp3) is 0.486. The van der Waals surface area contributed by atoms with Crippen molar-refractivity contribution in [3.05, 3.63) is 47.5 Å². The summed E-state index contributed by atoms with van der Waals surface area (Å²) in [6, 6.07) is 3.88. The Kier molecular flexibility index (Phi) is 22.1. The van der Waals surface area contributed by atoms with Crippen molar-refractivity contribution in [2.45, 2.75) is 90.8 Å². The maximum Gasteiger partial charge on any atom is 0.310 e. The lowest BCUT2D eigenvalue weighted by Gasteiger charge is -2.24. The number of esters is 1. The summed E-state index contributed by atoms with van der Waals surface area (Å²) in [4.78, 5) is 89.4. The van der Waals surface area contributed by atoms with Crippen molar-refractivity contribution in [1.29, 1.82) is 0 Å². The number of hydrogen-bond acceptors (Lipinski definition) is 9. The zero-order valence-corrected chi connectivity index (χ0v) is 29.1. The number of allylic oxidation sites excluding steroid dienone is 1. The molecule has 1 aliphatic heterocycles. The Labute approximate surface area is 292 Å². The summed E-state index contributed by atoms with van der Waals surface area (Å²) in [6.45, 7) is 11.6. The average Bonchev–Trinajstić information content (AvgIpc) is 3.50. The van der Waals surface area contributed by atoms with E-state index < -0.39 is 30.1 Å². The first-order valence-electron chi connectivity index (χ1n) is 16.1. The molecule has 1 fully saturated rings. The number of nitrogens with zero attached hydrogens (tertiary/aromatic N) is 1. The van der Waals surface area contributed by atoms with Crippen molar-refractivity contribution >= 4 is 60.5 Å². The summed E-state index contributed by atoms with van der Waals surface area (Å²) in [6.07, 6.45) is 6.97. The van der Waals surface area contributed by atoms with Gasteiger partial charge in [0.25, 0.3) is 0 Å². The molecule has 1 saturated heterocycles. The van der Waals surface area contributed by atoms with Gasteiger partial charge in [-0.15, -0.1) is 0 Å². The molecule has 276 valence electrons. The maximum atomic E-state index is 13.1. The summed E-state index contributed by atoms with van der Waals surface area (Å²) >= 11 is 0. The number of carbonyl (C=O) groups excluding carboxylic acids is 6. The van der Waals surface area contributed by atoms with Crippen LogP contribution in [0.3, 0.4) is 0 Å². The molecule has 1 aliphatic rings. The molecule has 0 saturated carbocycles. The number of rotatable bonds is 18. The molecular formula is C35H50N4O11. The molecule has 2 rings (SSSR count). The number of hydrogen-bond donors (Lipinski definition) is 5. The summed E-state index contributed by atoms with van der Waals surface area (Å²) in [5.41, 5.74) is 7.24. The molecule has 50 heavy (non-hydrogen) atoms. The minimum atomic E-state index is -1.12. The highest BCUT2D eigenvalue weighted by Gasteiger charge is 2.33. The number of carboxylic acids is 2. The summed E-state index contributed by atoms with van der Waals surface area (Å²) in [7, 11) is 0. The van der Waals surface area contributed by atoms with E-state index in [-0.39, 0.29) is 68.3 Å². The Balaban J connectivity index is 0.00000144. The van der Waals surface area contributed by atoms with Crippen molar-refractivity contribution < 1.29 is 53.3 Å². The quantitative estimate of drug-likeness (QED) is 0.110. The molecule has 4 atom stereocenters. The third-order valence-electron chi connectivity index (χ3n) is 7.17. The number of primary amides is 1. The predicted molar refractivity (Wildman–Crippen MR) is 185 cm³/mol. The first-order valence-corrected chi connectivity index (χ1v) is 16.1. The van der Waals surface area contributed by atoms with Gasteiger partial charge in [-0.05, 0) is 36.0 Å². The topological polar surface area (TPSA) is 240 Å². The van der Waals surface area contributed by atoms with Gasteiger partial charge >= 0.3 is 17.9 Å². The van der Waals surface area contributed by atoms with Gasteiger partial charge in [-0.2, -0.15) is 0 Å². The molecule has 4 unspecified atom stereocenters. The first-order chi connectivity index (χ1) is 23.6. The van der Waals surface area contributed by atoms with Gasteiger partial charge < -0.3 is 41.0 Å². The van der Waals surface area contributed by atoms with E-state index in [9.17, 15) is 38.4 Å². The van der Waals surface area contributed by atoms with Crippen LogP contribution in [0.2, 0.25) is 0 Å². The minimum Gasteiger partial charge on any atom is -0.481 e. The van der Waals surface area contributed by atoms with E-state index in [4.69, 9.17) is 14.9 Å². The largest absolute Gasteiger partial charge is 0.481 e. The number of ether oxygens (including phenoxy) is 1. The molecule has 1 heterocycles. The lowest BCUT2D eigenvalue weighted by molar-refractivity contribution is -0.148. The van der Waals surface area contributed by atoms with Crippen LogP contribution in [-0.4, -0.2) is 94.7 Å². The highest BCUT2D eigenvalue weighted by molar-refractivity contribution is 5.88. The summed E-state index contributed by atoms with van der Waals surface area (Å²) < 4.78 is 5.63. The van der Waals surface area contributed by atoms with Gasteiger partial charge in [-0.25, -0.2) is 0 Å². The van der Waals surface area contributed by atoms with Crippen LogP contribution in [0.25, 0.3) is 12.2 Å². The van der Waals surface area contributed by atoms with Crippen LogP contribution in [0, 0.1) is 5.92 Å². The van der Waals surface area contributed by atoms with Gasteiger partial charge in [0, 0.05) is 32.7 Å².